The first-order valence-corrected chi connectivity index (χ1v) is 8.09. The molecule has 24 heavy (non-hydrogen) atoms. The smallest absolute Gasteiger partial charge is 0.224 e. The van der Waals surface area contributed by atoms with Crippen molar-refractivity contribution in [1.82, 2.24) is 15.0 Å². The monoisotopic (exact) mass is 339 g/mol. The summed E-state index contributed by atoms with van der Waals surface area (Å²) in [6.07, 6.45) is 4.18. The zero-order valence-electron chi connectivity index (χ0n) is 13.3. The number of para-hydroxylation sites is 1. The maximum atomic E-state index is 6.20. The summed E-state index contributed by atoms with van der Waals surface area (Å²) in [6.45, 7) is 2.73. The van der Waals surface area contributed by atoms with Crippen LogP contribution in [0, 0.1) is 6.92 Å². The normalized spacial score (nSPS) is 10.4. The molecule has 0 saturated carbocycles. The number of hydrogen-bond acceptors (Lipinski definition) is 5. The third kappa shape index (κ3) is 4.20. The standard InChI is InChI=1S/C18H18ClN5/c1-13-6-2-3-8-16(13)23-17-15(19)12-22-18(24-17)21-11-9-14-7-4-5-10-20-14/h2-8,10,12H,9,11H2,1H3,(H2,21,22,23,24). The number of rotatable bonds is 6. The Morgan fingerprint density at radius 3 is 2.67 bits per heavy atom. The van der Waals surface area contributed by atoms with Crippen molar-refractivity contribution >= 4 is 29.1 Å². The van der Waals surface area contributed by atoms with E-state index in [0.717, 1.165) is 23.4 Å². The van der Waals surface area contributed by atoms with Gasteiger partial charge in [-0.15, -0.1) is 0 Å². The molecule has 0 atom stereocenters. The van der Waals surface area contributed by atoms with Gasteiger partial charge in [-0.25, -0.2) is 4.98 Å². The fraction of sp³-hybridized carbons (Fsp3) is 0.167. The molecule has 0 aliphatic rings. The van der Waals surface area contributed by atoms with Crippen LogP contribution >= 0.6 is 11.6 Å². The number of halogens is 1. The Morgan fingerprint density at radius 2 is 1.88 bits per heavy atom. The number of aromatic nitrogens is 3. The molecule has 0 saturated heterocycles. The lowest BCUT2D eigenvalue weighted by atomic mass is 10.2. The van der Waals surface area contributed by atoms with Crippen LogP contribution in [0.15, 0.2) is 54.9 Å². The zero-order chi connectivity index (χ0) is 16.8. The lowest BCUT2D eigenvalue weighted by molar-refractivity contribution is 0.942. The number of nitrogens with one attached hydrogen (secondary N) is 2. The van der Waals surface area contributed by atoms with E-state index in [1.807, 2.05) is 49.4 Å². The fourth-order valence-corrected chi connectivity index (χ4v) is 2.37. The molecule has 0 aliphatic heterocycles. The van der Waals surface area contributed by atoms with E-state index in [2.05, 4.69) is 25.6 Å². The van der Waals surface area contributed by atoms with Crippen molar-refractivity contribution in [2.75, 3.05) is 17.2 Å². The molecule has 0 bridgehead atoms. The van der Waals surface area contributed by atoms with Gasteiger partial charge in [0.05, 0.1) is 6.20 Å². The van der Waals surface area contributed by atoms with Crippen LogP contribution < -0.4 is 10.6 Å². The molecule has 5 nitrogen and oxygen atoms in total. The van der Waals surface area contributed by atoms with Gasteiger partial charge in [0.15, 0.2) is 5.82 Å². The van der Waals surface area contributed by atoms with Gasteiger partial charge < -0.3 is 10.6 Å². The molecule has 6 heteroatoms. The largest absolute Gasteiger partial charge is 0.354 e. The molecule has 3 aromatic rings. The average molecular weight is 340 g/mol. The van der Waals surface area contributed by atoms with Gasteiger partial charge >= 0.3 is 0 Å². The molecular weight excluding hydrogens is 322 g/mol. The van der Waals surface area contributed by atoms with E-state index in [0.29, 0.717) is 23.3 Å². The molecule has 2 aromatic heterocycles. The van der Waals surface area contributed by atoms with Crippen LogP contribution in [0.1, 0.15) is 11.3 Å². The van der Waals surface area contributed by atoms with Crippen LogP contribution in [0.2, 0.25) is 5.02 Å². The third-order valence-electron chi connectivity index (χ3n) is 3.53. The van der Waals surface area contributed by atoms with E-state index in [9.17, 15) is 0 Å². The quantitative estimate of drug-likeness (QED) is 0.703. The molecule has 2 heterocycles. The summed E-state index contributed by atoms with van der Waals surface area (Å²) in [7, 11) is 0. The SMILES string of the molecule is Cc1ccccc1Nc1nc(NCCc2ccccn2)ncc1Cl. The zero-order valence-corrected chi connectivity index (χ0v) is 14.1. The lowest BCUT2D eigenvalue weighted by Crippen LogP contribution is -2.09. The Balaban J connectivity index is 1.66. The second-order valence-corrected chi connectivity index (χ2v) is 5.74. The molecule has 2 N–H and O–H groups in total. The summed E-state index contributed by atoms with van der Waals surface area (Å²) < 4.78 is 0. The molecular formula is C18H18ClN5. The van der Waals surface area contributed by atoms with Crippen LogP contribution in [-0.2, 0) is 6.42 Å². The van der Waals surface area contributed by atoms with Crippen LogP contribution in [0.4, 0.5) is 17.5 Å². The summed E-state index contributed by atoms with van der Waals surface area (Å²) in [6, 6.07) is 13.9. The van der Waals surface area contributed by atoms with Crippen molar-refractivity contribution in [2.45, 2.75) is 13.3 Å². The number of benzene rings is 1. The van der Waals surface area contributed by atoms with Crippen molar-refractivity contribution in [3.63, 3.8) is 0 Å². The predicted octanol–water partition coefficient (Wildman–Crippen LogP) is 4.23. The Kier molecular flexibility index (Phi) is 5.23. The predicted molar refractivity (Wildman–Crippen MR) is 97.9 cm³/mol. The highest BCUT2D eigenvalue weighted by Crippen LogP contribution is 2.25. The number of pyridine rings is 1. The van der Waals surface area contributed by atoms with Crippen molar-refractivity contribution in [1.29, 1.82) is 0 Å². The van der Waals surface area contributed by atoms with Crippen molar-refractivity contribution in [3.05, 3.63) is 71.1 Å². The molecule has 0 radical (unpaired) electrons. The van der Waals surface area contributed by atoms with Crippen LogP contribution in [0.5, 0.6) is 0 Å². The molecule has 3 rings (SSSR count). The molecule has 0 fully saturated rings. The third-order valence-corrected chi connectivity index (χ3v) is 3.81. The molecule has 122 valence electrons. The Bertz CT molecular complexity index is 808. The second kappa shape index (κ2) is 7.75. The van der Waals surface area contributed by atoms with Gasteiger partial charge in [0.1, 0.15) is 5.02 Å². The molecule has 0 unspecified atom stereocenters. The van der Waals surface area contributed by atoms with E-state index in [-0.39, 0.29) is 0 Å². The topological polar surface area (TPSA) is 62.7 Å². The highest BCUT2D eigenvalue weighted by Gasteiger charge is 2.07. The lowest BCUT2D eigenvalue weighted by Gasteiger charge is -2.11. The van der Waals surface area contributed by atoms with Gasteiger partial charge in [0.2, 0.25) is 5.95 Å². The van der Waals surface area contributed by atoms with E-state index in [1.165, 1.54) is 0 Å². The molecule has 0 amide bonds. The van der Waals surface area contributed by atoms with Gasteiger partial charge in [-0.2, -0.15) is 4.98 Å². The van der Waals surface area contributed by atoms with Gasteiger partial charge in [-0.1, -0.05) is 35.9 Å². The van der Waals surface area contributed by atoms with Crippen LogP contribution in [0.25, 0.3) is 0 Å². The first-order valence-electron chi connectivity index (χ1n) is 7.71. The summed E-state index contributed by atoms with van der Waals surface area (Å²) in [4.78, 5) is 13.0. The summed E-state index contributed by atoms with van der Waals surface area (Å²) in [5.41, 5.74) is 3.12. The highest BCUT2D eigenvalue weighted by molar-refractivity contribution is 6.32. The summed E-state index contributed by atoms with van der Waals surface area (Å²) in [5.74, 6) is 1.12. The first-order chi connectivity index (χ1) is 11.7. The minimum Gasteiger partial charge on any atom is -0.354 e. The van der Waals surface area contributed by atoms with E-state index < -0.39 is 0 Å². The van der Waals surface area contributed by atoms with E-state index >= 15 is 0 Å². The highest BCUT2D eigenvalue weighted by atomic mass is 35.5. The fourth-order valence-electron chi connectivity index (χ4n) is 2.23. The Labute approximate surface area is 146 Å². The van der Waals surface area contributed by atoms with Gasteiger partial charge in [-0.05, 0) is 30.7 Å². The number of hydrogen-bond donors (Lipinski definition) is 2. The minimum atomic E-state index is 0.480. The van der Waals surface area contributed by atoms with E-state index in [4.69, 9.17) is 11.6 Å². The van der Waals surface area contributed by atoms with Gasteiger partial charge in [0.25, 0.3) is 0 Å². The van der Waals surface area contributed by atoms with E-state index in [1.54, 1.807) is 12.4 Å². The summed E-state index contributed by atoms with van der Waals surface area (Å²) in [5, 5.41) is 6.93. The summed E-state index contributed by atoms with van der Waals surface area (Å²) >= 11 is 6.20. The maximum absolute atomic E-state index is 6.20. The number of anilines is 3. The van der Waals surface area contributed by atoms with Gasteiger partial charge in [-0.3, -0.25) is 4.98 Å². The second-order valence-electron chi connectivity index (χ2n) is 5.33. The van der Waals surface area contributed by atoms with Gasteiger partial charge in [0, 0.05) is 30.5 Å². The molecule has 1 aromatic carbocycles. The first kappa shape index (κ1) is 16.2. The Morgan fingerprint density at radius 1 is 1.04 bits per heavy atom. The average Bonchev–Trinajstić information content (AvgIpc) is 2.60. The Hall–Kier alpha value is -2.66. The molecule has 0 spiro atoms. The minimum absolute atomic E-state index is 0.480. The van der Waals surface area contributed by atoms with Crippen molar-refractivity contribution in [2.24, 2.45) is 0 Å². The van der Waals surface area contributed by atoms with Crippen LogP contribution in [0.3, 0.4) is 0 Å². The van der Waals surface area contributed by atoms with Crippen LogP contribution in [-0.4, -0.2) is 21.5 Å². The number of aryl methyl sites for hydroxylation is 1. The van der Waals surface area contributed by atoms with Crippen molar-refractivity contribution in [3.8, 4) is 0 Å². The van der Waals surface area contributed by atoms with Crippen molar-refractivity contribution < 1.29 is 0 Å². The number of nitrogens with zero attached hydrogens (tertiary/aromatic N) is 3. The maximum Gasteiger partial charge on any atom is 0.224 e. The molecule has 0 aliphatic carbocycles.